The van der Waals surface area contributed by atoms with Crippen LogP contribution in [0.5, 0.6) is 0 Å². The van der Waals surface area contributed by atoms with E-state index in [1.807, 2.05) is 19.9 Å². The molecule has 0 aliphatic heterocycles. The Morgan fingerprint density at radius 2 is 1.95 bits per heavy atom. The van der Waals surface area contributed by atoms with E-state index < -0.39 is 0 Å². The first-order chi connectivity index (χ1) is 8.90. The van der Waals surface area contributed by atoms with Crippen molar-refractivity contribution in [2.24, 2.45) is 5.92 Å². The molecule has 0 bridgehead atoms. The second kappa shape index (κ2) is 7.24. The van der Waals surface area contributed by atoms with Crippen molar-refractivity contribution < 1.29 is 9.18 Å². The van der Waals surface area contributed by atoms with Gasteiger partial charge in [0.2, 0.25) is 5.91 Å². The summed E-state index contributed by atoms with van der Waals surface area (Å²) in [6.07, 6.45) is 0. The predicted octanol–water partition coefficient (Wildman–Crippen LogP) is 2.64. The van der Waals surface area contributed by atoms with E-state index in [1.54, 1.807) is 6.07 Å². The summed E-state index contributed by atoms with van der Waals surface area (Å²) in [5, 5.41) is 6.01. The van der Waals surface area contributed by atoms with Gasteiger partial charge in [-0.05, 0) is 37.5 Å². The number of hydrogen-bond acceptors (Lipinski definition) is 2. The molecule has 1 amide bonds. The van der Waals surface area contributed by atoms with Gasteiger partial charge in [0.25, 0.3) is 0 Å². The summed E-state index contributed by atoms with van der Waals surface area (Å²) in [5.74, 6) is 0.109. The number of amides is 1. The molecule has 106 valence electrons. The number of benzene rings is 1. The van der Waals surface area contributed by atoms with Gasteiger partial charge in [0.15, 0.2) is 0 Å². The zero-order valence-corrected chi connectivity index (χ0v) is 12.0. The maximum absolute atomic E-state index is 13.1. The first-order valence-electron chi connectivity index (χ1n) is 6.68. The summed E-state index contributed by atoms with van der Waals surface area (Å²) in [5.41, 5.74) is 0.838. The third-order valence-corrected chi connectivity index (χ3v) is 3.31. The van der Waals surface area contributed by atoms with E-state index in [0.29, 0.717) is 5.92 Å². The van der Waals surface area contributed by atoms with Gasteiger partial charge in [-0.15, -0.1) is 0 Å². The summed E-state index contributed by atoms with van der Waals surface area (Å²) in [6.45, 7) is 8.25. The van der Waals surface area contributed by atoms with E-state index >= 15 is 0 Å². The lowest BCUT2D eigenvalue weighted by Gasteiger charge is -2.19. The first-order valence-corrected chi connectivity index (χ1v) is 6.68. The van der Waals surface area contributed by atoms with E-state index in [-0.39, 0.29) is 30.4 Å². The number of halogens is 1. The Labute approximate surface area is 114 Å². The van der Waals surface area contributed by atoms with Crippen LogP contribution in [0.25, 0.3) is 0 Å². The summed E-state index contributed by atoms with van der Waals surface area (Å²) < 4.78 is 13.1. The molecule has 0 aliphatic rings. The van der Waals surface area contributed by atoms with Crippen molar-refractivity contribution in [3.8, 4) is 0 Å². The van der Waals surface area contributed by atoms with Crippen molar-refractivity contribution in [2.75, 3.05) is 6.54 Å². The molecule has 1 unspecified atom stereocenters. The normalized spacial score (nSPS) is 14.2. The van der Waals surface area contributed by atoms with Gasteiger partial charge in [-0.2, -0.15) is 0 Å². The van der Waals surface area contributed by atoms with Gasteiger partial charge in [0.1, 0.15) is 5.82 Å². The summed E-state index contributed by atoms with van der Waals surface area (Å²) in [6, 6.07) is 6.49. The molecule has 4 heteroatoms. The van der Waals surface area contributed by atoms with Crippen molar-refractivity contribution in [3.63, 3.8) is 0 Å². The number of carbonyl (C=O) groups excluding carboxylic acids is 1. The Hall–Kier alpha value is -1.42. The lowest BCUT2D eigenvalue weighted by molar-refractivity contribution is -0.121. The highest BCUT2D eigenvalue weighted by Crippen LogP contribution is 2.12. The van der Waals surface area contributed by atoms with Crippen LogP contribution in [0.2, 0.25) is 0 Å². The SMILES string of the molecule is CC(C)C(C)NC(=O)CN[C@H](C)c1cccc(F)c1. The fourth-order valence-electron chi connectivity index (χ4n) is 1.61. The van der Waals surface area contributed by atoms with Crippen LogP contribution in [0.1, 0.15) is 39.3 Å². The highest BCUT2D eigenvalue weighted by Gasteiger charge is 2.12. The second-order valence-corrected chi connectivity index (χ2v) is 5.26. The lowest BCUT2D eigenvalue weighted by Crippen LogP contribution is -2.41. The van der Waals surface area contributed by atoms with Crippen LogP contribution < -0.4 is 10.6 Å². The van der Waals surface area contributed by atoms with E-state index in [2.05, 4.69) is 24.5 Å². The maximum atomic E-state index is 13.1. The smallest absolute Gasteiger partial charge is 0.234 e. The Kier molecular flexibility index (Phi) is 5.96. The topological polar surface area (TPSA) is 41.1 Å². The quantitative estimate of drug-likeness (QED) is 0.831. The minimum atomic E-state index is -0.260. The maximum Gasteiger partial charge on any atom is 0.234 e. The molecule has 3 nitrogen and oxygen atoms in total. The van der Waals surface area contributed by atoms with Crippen molar-refractivity contribution in [1.82, 2.24) is 10.6 Å². The highest BCUT2D eigenvalue weighted by atomic mass is 19.1. The Bertz CT molecular complexity index is 420. The van der Waals surface area contributed by atoms with Gasteiger partial charge in [0.05, 0.1) is 6.54 Å². The number of rotatable bonds is 6. The molecule has 0 fully saturated rings. The Morgan fingerprint density at radius 3 is 2.53 bits per heavy atom. The van der Waals surface area contributed by atoms with E-state index in [1.165, 1.54) is 12.1 Å². The van der Waals surface area contributed by atoms with Crippen molar-refractivity contribution in [1.29, 1.82) is 0 Å². The molecule has 1 aromatic rings. The number of carbonyl (C=O) groups is 1. The number of hydrogen-bond donors (Lipinski definition) is 2. The van der Waals surface area contributed by atoms with Crippen LogP contribution in [0, 0.1) is 11.7 Å². The van der Waals surface area contributed by atoms with E-state index in [4.69, 9.17) is 0 Å². The number of nitrogens with one attached hydrogen (secondary N) is 2. The monoisotopic (exact) mass is 266 g/mol. The molecule has 0 aromatic heterocycles. The van der Waals surface area contributed by atoms with Gasteiger partial charge in [-0.3, -0.25) is 4.79 Å². The fourth-order valence-corrected chi connectivity index (χ4v) is 1.61. The second-order valence-electron chi connectivity index (χ2n) is 5.26. The van der Waals surface area contributed by atoms with Gasteiger partial charge in [-0.1, -0.05) is 26.0 Å². The summed E-state index contributed by atoms with van der Waals surface area (Å²) in [4.78, 5) is 11.7. The minimum absolute atomic E-state index is 0.0375. The van der Waals surface area contributed by atoms with Crippen LogP contribution in [0.15, 0.2) is 24.3 Å². The van der Waals surface area contributed by atoms with Gasteiger partial charge >= 0.3 is 0 Å². The molecular weight excluding hydrogens is 243 g/mol. The summed E-state index contributed by atoms with van der Waals surface area (Å²) >= 11 is 0. The molecule has 0 saturated heterocycles. The average molecular weight is 266 g/mol. The average Bonchev–Trinajstić information content (AvgIpc) is 2.35. The van der Waals surface area contributed by atoms with Gasteiger partial charge < -0.3 is 10.6 Å². The molecule has 0 heterocycles. The molecular formula is C15H23FN2O. The third kappa shape index (κ3) is 5.39. The standard InChI is InChI=1S/C15H23FN2O/c1-10(2)11(3)18-15(19)9-17-12(4)13-6-5-7-14(16)8-13/h5-8,10-12,17H,9H2,1-4H3,(H,18,19)/t11?,12-/m1/s1. The van der Waals surface area contributed by atoms with Gasteiger partial charge in [-0.25, -0.2) is 4.39 Å². The molecule has 1 rings (SSSR count). The third-order valence-electron chi connectivity index (χ3n) is 3.31. The van der Waals surface area contributed by atoms with Crippen LogP contribution in [-0.4, -0.2) is 18.5 Å². The summed E-state index contributed by atoms with van der Waals surface area (Å²) in [7, 11) is 0. The molecule has 0 aliphatic carbocycles. The van der Waals surface area contributed by atoms with Crippen molar-refractivity contribution in [2.45, 2.75) is 39.8 Å². The van der Waals surface area contributed by atoms with Crippen molar-refractivity contribution >= 4 is 5.91 Å². The molecule has 0 saturated carbocycles. The molecule has 2 N–H and O–H groups in total. The molecule has 0 radical (unpaired) electrons. The minimum Gasteiger partial charge on any atom is -0.352 e. The van der Waals surface area contributed by atoms with Crippen LogP contribution in [0.3, 0.4) is 0 Å². The van der Waals surface area contributed by atoms with Crippen LogP contribution in [-0.2, 0) is 4.79 Å². The van der Waals surface area contributed by atoms with E-state index in [0.717, 1.165) is 5.56 Å². The van der Waals surface area contributed by atoms with Crippen molar-refractivity contribution in [3.05, 3.63) is 35.6 Å². The van der Waals surface area contributed by atoms with Gasteiger partial charge in [0, 0.05) is 12.1 Å². The lowest BCUT2D eigenvalue weighted by atomic mass is 10.1. The zero-order valence-electron chi connectivity index (χ0n) is 12.0. The zero-order chi connectivity index (χ0) is 14.4. The molecule has 0 spiro atoms. The fraction of sp³-hybridized carbons (Fsp3) is 0.533. The van der Waals surface area contributed by atoms with Crippen LogP contribution >= 0.6 is 0 Å². The molecule has 2 atom stereocenters. The predicted molar refractivity (Wildman–Crippen MR) is 75.3 cm³/mol. The highest BCUT2D eigenvalue weighted by molar-refractivity contribution is 5.78. The molecule has 19 heavy (non-hydrogen) atoms. The first kappa shape index (κ1) is 15.6. The Morgan fingerprint density at radius 1 is 1.26 bits per heavy atom. The Balaban J connectivity index is 2.42. The largest absolute Gasteiger partial charge is 0.352 e. The van der Waals surface area contributed by atoms with Crippen LogP contribution in [0.4, 0.5) is 4.39 Å². The molecule has 1 aromatic carbocycles. The van der Waals surface area contributed by atoms with E-state index in [9.17, 15) is 9.18 Å².